The molecule has 0 bridgehead atoms. The molecule has 0 amide bonds. The molecular formula is C17H19N3O3S. The van der Waals surface area contributed by atoms with Crippen molar-refractivity contribution in [3.63, 3.8) is 0 Å². The standard InChI is InChI=1S/C17H19N3O3S/c1-3-20(4-2)24(22,23)14-9-10-15-16(11-14)19-17(18-15)12-5-7-13(21)8-6-12/h5-11,21H,3-4H2,1-2H3,(H,18,19). The van der Waals surface area contributed by atoms with Crippen LogP contribution < -0.4 is 0 Å². The number of aromatic nitrogens is 2. The number of hydrogen-bond acceptors (Lipinski definition) is 4. The largest absolute Gasteiger partial charge is 0.508 e. The number of rotatable bonds is 5. The smallest absolute Gasteiger partial charge is 0.243 e. The molecule has 0 aliphatic heterocycles. The summed E-state index contributed by atoms with van der Waals surface area (Å²) < 4.78 is 26.7. The van der Waals surface area contributed by atoms with E-state index < -0.39 is 10.0 Å². The van der Waals surface area contributed by atoms with Crippen molar-refractivity contribution in [2.45, 2.75) is 18.7 Å². The number of aromatic hydroxyl groups is 1. The van der Waals surface area contributed by atoms with Crippen molar-refractivity contribution in [2.24, 2.45) is 0 Å². The number of benzene rings is 2. The van der Waals surface area contributed by atoms with E-state index in [9.17, 15) is 13.5 Å². The van der Waals surface area contributed by atoms with E-state index >= 15 is 0 Å². The van der Waals surface area contributed by atoms with Crippen molar-refractivity contribution in [1.82, 2.24) is 14.3 Å². The summed E-state index contributed by atoms with van der Waals surface area (Å²) >= 11 is 0. The number of aromatic amines is 1. The number of H-pyrrole nitrogens is 1. The lowest BCUT2D eigenvalue weighted by molar-refractivity contribution is 0.445. The van der Waals surface area contributed by atoms with Crippen LogP contribution in [0.4, 0.5) is 0 Å². The normalized spacial score (nSPS) is 12.1. The van der Waals surface area contributed by atoms with Crippen molar-refractivity contribution >= 4 is 21.1 Å². The number of hydrogen-bond donors (Lipinski definition) is 2. The van der Waals surface area contributed by atoms with Crippen LogP contribution in [0, 0.1) is 0 Å². The molecule has 3 aromatic rings. The Morgan fingerprint density at radius 2 is 1.75 bits per heavy atom. The third-order valence-electron chi connectivity index (χ3n) is 3.94. The molecule has 1 heterocycles. The Hall–Kier alpha value is -2.38. The Labute approximate surface area is 140 Å². The molecule has 3 rings (SSSR count). The van der Waals surface area contributed by atoms with Crippen LogP contribution in [-0.2, 0) is 10.0 Å². The van der Waals surface area contributed by atoms with E-state index in [0.717, 1.165) is 5.56 Å². The molecule has 0 radical (unpaired) electrons. The third-order valence-corrected chi connectivity index (χ3v) is 5.98. The Kier molecular flexibility index (Phi) is 4.29. The molecule has 7 heteroatoms. The second-order valence-electron chi connectivity index (χ2n) is 5.40. The summed E-state index contributed by atoms with van der Waals surface area (Å²) in [5, 5.41) is 9.37. The summed E-state index contributed by atoms with van der Waals surface area (Å²) in [6.45, 7) is 4.49. The van der Waals surface area contributed by atoms with Gasteiger partial charge < -0.3 is 10.1 Å². The van der Waals surface area contributed by atoms with E-state index in [1.807, 2.05) is 13.8 Å². The molecule has 2 aromatic carbocycles. The maximum atomic E-state index is 12.6. The number of sulfonamides is 1. The average molecular weight is 345 g/mol. The molecule has 0 unspecified atom stereocenters. The molecule has 24 heavy (non-hydrogen) atoms. The van der Waals surface area contributed by atoms with Crippen LogP contribution in [-0.4, -0.2) is 40.9 Å². The summed E-state index contributed by atoms with van der Waals surface area (Å²) in [6.07, 6.45) is 0. The van der Waals surface area contributed by atoms with Gasteiger partial charge in [-0.2, -0.15) is 4.31 Å². The van der Waals surface area contributed by atoms with Crippen molar-refractivity contribution in [2.75, 3.05) is 13.1 Å². The van der Waals surface area contributed by atoms with Gasteiger partial charge in [0, 0.05) is 18.7 Å². The van der Waals surface area contributed by atoms with Gasteiger partial charge in [0.25, 0.3) is 0 Å². The van der Waals surface area contributed by atoms with Gasteiger partial charge in [0.1, 0.15) is 11.6 Å². The van der Waals surface area contributed by atoms with Gasteiger partial charge >= 0.3 is 0 Å². The molecule has 0 saturated heterocycles. The number of imidazole rings is 1. The lowest BCUT2D eigenvalue weighted by atomic mass is 10.2. The fourth-order valence-corrected chi connectivity index (χ4v) is 4.10. The molecule has 0 atom stereocenters. The van der Waals surface area contributed by atoms with Crippen molar-refractivity contribution in [3.05, 3.63) is 42.5 Å². The molecule has 6 nitrogen and oxygen atoms in total. The highest BCUT2D eigenvalue weighted by Gasteiger charge is 2.22. The zero-order valence-corrected chi connectivity index (χ0v) is 14.3. The van der Waals surface area contributed by atoms with E-state index in [0.29, 0.717) is 29.9 Å². The Morgan fingerprint density at radius 3 is 2.38 bits per heavy atom. The van der Waals surface area contributed by atoms with Crippen LogP contribution in [0.5, 0.6) is 5.75 Å². The summed E-state index contributed by atoms with van der Waals surface area (Å²) in [6, 6.07) is 11.6. The van der Waals surface area contributed by atoms with Crippen molar-refractivity contribution in [1.29, 1.82) is 0 Å². The Morgan fingerprint density at radius 1 is 1.08 bits per heavy atom. The molecule has 0 spiro atoms. The van der Waals surface area contributed by atoms with Crippen LogP contribution in [0.25, 0.3) is 22.4 Å². The monoisotopic (exact) mass is 345 g/mol. The first-order chi connectivity index (χ1) is 11.5. The fraction of sp³-hybridized carbons (Fsp3) is 0.235. The summed E-state index contributed by atoms with van der Waals surface area (Å²) in [5.41, 5.74) is 2.17. The number of phenols is 1. The van der Waals surface area contributed by atoms with E-state index in [-0.39, 0.29) is 10.6 Å². The van der Waals surface area contributed by atoms with Gasteiger partial charge in [-0.1, -0.05) is 13.8 Å². The average Bonchev–Trinajstić information content (AvgIpc) is 2.99. The highest BCUT2D eigenvalue weighted by atomic mass is 32.2. The zero-order valence-electron chi connectivity index (χ0n) is 13.5. The third kappa shape index (κ3) is 2.88. The summed E-state index contributed by atoms with van der Waals surface area (Å²) in [5.74, 6) is 0.810. The first kappa shape index (κ1) is 16.5. The molecular weight excluding hydrogens is 326 g/mol. The highest BCUT2D eigenvalue weighted by Crippen LogP contribution is 2.25. The quantitative estimate of drug-likeness (QED) is 0.744. The van der Waals surface area contributed by atoms with Gasteiger partial charge in [0.15, 0.2) is 0 Å². The number of fused-ring (bicyclic) bond motifs is 1. The van der Waals surface area contributed by atoms with Gasteiger partial charge in [-0.05, 0) is 42.5 Å². The second-order valence-corrected chi connectivity index (χ2v) is 7.34. The number of phenolic OH excluding ortho intramolecular Hbond substituents is 1. The zero-order chi connectivity index (χ0) is 17.3. The van der Waals surface area contributed by atoms with Crippen LogP contribution in [0.2, 0.25) is 0 Å². The minimum atomic E-state index is -3.50. The maximum absolute atomic E-state index is 12.6. The second kappa shape index (κ2) is 6.26. The molecule has 0 fully saturated rings. The van der Waals surface area contributed by atoms with Crippen LogP contribution >= 0.6 is 0 Å². The first-order valence-corrected chi connectivity index (χ1v) is 9.19. The molecule has 2 N–H and O–H groups in total. The van der Waals surface area contributed by atoms with Crippen LogP contribution in [0.3, 0.4) is 0 Å². The molecule has 0 aliphatic carbocycles. The fourth-order valence-electron chi connectivity index (χ4n) is 2.62. The Balaban J connectivity index is 2.05. The lowest BCUT2D eigenvalue weighted by Crippen LogP contribution is -2.30. The van der Waals surface area contributed by atoms with Crippen molar-refractivity contribution < 1.29 is 13.5 Å². The van der Waals surface area contributed by atoms with Gasteiger partial charge in [-0.15, -0.1) is 0 Å². The lowest BCUT2D eigenvalue weighted by Gasteiger charge is -2.18. The minimum Gasteiger partial charge on any atom is -0.508 e. The molecule has 0 saturated carbocycles. The minimum absolute atomic E-state index is 0.183. The van der Waals surface area contributed by atoms with Gasteiger partial charge in [-0.3, -0.25) is 0 Å². The highest BCUT2D eigenvalue weighted by molar-refractivity contribution is 7.89. The van der Waals surface area contributed by atoms with E-state index in [1.165, 1.54) is 4.31 Å². The molecule has 0 aliphatic rings. The molecule has 126 valence electrons. The van der Waals surface area contributed by atoms with E-state index in [2.05, 4.69) is 9.97 Å². The number of nitrogens with zero attached hydrogens (tertiary/aromatic N) is 2. The Bertz CT molecular complexity index is 958. The number of nitrogens with one attached hydrogen (secondary N) is 1. The topological polar surface area (TPSA) is 86.3 Å². The SMILES string of the molecule is CCN(CC)S(=O)(=O)c1ccc2nc(-c3ccc(O)cc3)[nH]c2c1. The van der Waals surface area contributed by atoms with E-state index in [1.54, 1.807) is 42.5 Å². The predicted octanol–water partition coefficient (Wildman–Crippen LogP) is 2.97. The predicted molar refractivity (Wildman–Crippen MR) is 93.3 cm³/mol. The molecule has 1 aromatic heterocycles. The maximum Gasteiger partial charge on any atom is 0.243 e. The van der Waals surface area contributed by atoms with Crippen LogP contribution in [0.15, 0.2) is 47.4 Å². The van der Waals surface area contributed by atoms with Gasteiger partial charge in [-0.25, -0.2) is 13.4 Å². The van der Waals surface area contributed by atoms with Gasteiger partial charge in [0.2, 0.25) is 10.0 Å². The van der Waals surface area contributed by atoms with Crippen molar-refractivity contribution in [3.8, 4) is 17.1 Å². The van der Waals surface area contributed by atoms with E-state index in [4.69, 9.17) is 0 Å². The van der Waals surface area contributed by atoms with Gasteiger partial charge in [0.05, 0.1) is 15.9 Å². The first-order valence-electron chi connectivity index (χ1n) is 7.75. The van der Waals surface area contributed by atoms with Crippen LogP contribution in [0.1, 0.15) is 13.8 Å². The summed E-state index contributed by atoms with van der Waals surface area (Å²) in [7, 11) is -3.50. The summed E-state index contributed by atoms with van der Waals surface area (Å²) in [4.78, 5) is 7.87.